The number of piperazine rings is 1. The van der Waals surface area contributed by atoms with Crippen LogP contribution in [-0.2, 0) is 24.3 Å². The summed E-state index contributed by atoms with van der Waals surface area (Å²) in [6, 6.07) is 13.8. The van der Waals surface area contributed by atoms with Crippen molar-refractivity contribution < 1.29 is 27.5 Å². The molecule has 0 spiro atoms. The van der Waals surface area contributed by atoms with Crippen LogP contribution in [0, 0.1) is 0 Å². The van der Waals surface area contributed by atoms with E-state index in [1.54, 1.807) is 42.5 Å². The molecule has 3 amide bonds. The first kappa shape index (κ1) is 24.2. The zero-order valence-corrected chi connectivity index (χ0v) is 19.1. The smallest absolute Gasteiger partial charge is 0.328 e. The molecule has 176 valence electrons. The maximum absolute atomic E-state index is 13.3. The lowest BCUT2D eigenvalue weighted by atomic mass is 10.2. The molecule has 0 aromatic heterocycles. The van der Waals surface area contributed by atoms with E-state index in [4.69, 9.17) is 0 Å². The van der Waals surface area contributed by atoms with E-state index in [-0.39, 0.29) is 24.5 Å². The Morgan fingerprint density at radius 2 is 1.61 bits per heavy atom. The molecule has 33 heavy (non-hydrogen) atoms. The highest BCUT2D eigenvalue weighted by Crippen LogP contribution is 2.22. The van der Waals surface area contributed by atoms with Crippen LogP contribution in [0.3, 0.4) is 0 Å². The molecular formula is C22H26N4O6S. The molecule has 0 saturated carbocycles. The number of rotatable bonds is 6. The van der Waals surface area contributed by atoms with Crippen LogP contribution in [0.25, 0.3) is 0 Å². The number of hydrogen-bond donors (Lipinski definition) is 2. The monoisotopic (exact) mass is 474 g/mol. The van der Waals surface area contributed by atoms with Crippen molar-refractivity contribution in [2.24, 2.45) is 0 Å². The van der Waals surface area contributed by atoms with Crippen LogP contribution in [0.5, 0.6) is 0 Å². The molecule has 3 rings (SSSR count). The molecule has 1 aliphatic rings. The number of benzene rings is 2. The largest absolute Gasteiger partial charge is 0.467 e. The van der Waals surface area contributed by atoms with Gasteiger partial charge in [0.2, 0.25) is 15.9 Å². The lowest BCUT2D eigenvalue weighted by molar-refractivity contribution is -0.145. The normalized spacial score (nSPS) is 17.6. The van der Waals surface area contributed by atoms with Gasteiger partial charge < -0.3 is 20.3 Å². The van der Waals surface area contributed by atoms with Crippen molar-refractivity contribution in [3.05, 3.63) is 60.7 Å². The van der Waals surface area contributed by atoms with Crippen LogP contribution in [0.1, 0.15) is 6.92 Å². The first-order valence-electron chi connectivity index (χ1n) is 10.3. The number of anilines is 1. The van der Waals surface area contributed by atoms with Crippen molar-refractivity contribution in [2.45, 2.75) is 23.9 Å². The number of nitrogens with one attached hydrogen (secondary N) is 2. The van der Waals surface area contributed by atoms with Crippen LogP contribution in [0.4, 0.5) is 10.5 Å². The molecule has 0 aliphatic carbocycles. The van der Waals surface area contributed by atoms with E-state index in [1.165, 1.54) is 31.1 Å². The predicted molar refractivity (Wildman–Crippen MR) is 121 cm³/mol. The lowest BCUT2D eigenvalue weighted by Gasteiger charge is -2.39. The van der Waals surface area contributed by atoms with Crippen LogP contribution in [0.15, 0.2) is 65.6 Å². The molecule has 2 unspecified atom stereocenters. The van der Waals surface area contributed by atoms with E-state index in [0.717, 1.165) is 4.31 Å². The van der Waals surface area contributed by atoms with Gasteiger partial charge in [-0.05, 0) is 31.2 Å². The van der Waals surface area contributed by atoms with Gasteiger partial charge in [-0.2, -0.15) is 4.31 Å². The summed E-state index contributed by atoms with van der Waals surface area (Å²) >= 11 is 0. The van der Waals surface area contributed by atoms with Gasteiger partial charge in [0.05, 0.1) is 12.0 Å². The highest BCUT2D eigenvalue weighted by molar-refractivity contribution is 7.89. The lowest BCUT2D eigenvalue weighted by Crippen LogP contribution is -2.62. The Kier molecular flexibility index (Phi) is 7.67. The van der Waals surface area contributed by atoms with Gasteiger partial charge in [0.15, 0.2) is 0 Å². The average Bonchev–Trinajstić information content (AvgIpc) is 2.84. The molecule has 1 heterocycles. The van der Waals surface area contributed by atoms with Gasteiger partial charge in [-0.1, -0.05) is 36.4 Å². The van der Waals surface area contributed by atoms with E-state index in [2.05, 4.69) is 15.4 Å². The summed E-state index contributed by atoms with van der Waals surface area (Å²) < 4.78 is 32.3. The molecule has 10 nitrogen and oxygen atoms in total. The van der Waals surface area contributed by atoms with E-state index >= 15 is 0 Å². The SMILES string of the molecule is COC(=O)C(C)NC(=O)C1CN(C(=O)Nc2ccccc2)CCN1S(=O)(=O)c1ccccc1. The van der Waals surface area contributed by atoms with Gasteiger partial charge in [0.25, 0.3) is 0 Å². The fraction of sp³-hybridized carbons (Fsp3) is 0.318. The van der Waals surface area contributed by atoms with Crippen LogP contribution >= 0.6 is 0 Å². The second-order valence-corrected chi connectivity index (χ2v) is 9.33. The molecule has 0 radical (unpaired) electrons. The molecule has 0 bridgehead atoms. The zero-order valence-electron chi connectivity index (χ0n) is 18.3. The summed E-state index contributed by atoms with van der Waals surface area (Å²) in [6.45, 7) is 1.23. The number of ether oxygens (including phenoxy) is 1. The molecule has 2 aromatic rings. The number of carbonyl (C=O) groups excluding carboxylic acids is 3. The van der Waals surface area contributed by atoms with Crippen molar-refractivity contribution in [1.82, 2.24) is 14.5 Å². The summed E-state index contributed by atoms with van der Waals surface area (Å²) in [5, 5.41) is 5.22. The minimum absolute atomic E-state index is 0.0333. The Balaban J connectivity index is 1.85. The average molecular weight is 475 g/mol. The molecule has 2 aromatic carbocycles. The highest BCUT2D eigenvalue weighted by Gasteiger charge is 2.42. The maximum Gasteiger partial charge on any atom is 0.328 e. The maximum atomic E-state index is 13.3. The summed E-state index contributed by atoms with van der Waals surface area (Å²) in [6.07, 6.45) is 0. The first-order valence-corrected chi connectivity index (χ1v) is 11.7. The number of amides is 3. The van der Waals surface area contributed by atoms with Crippen LogP contribution < -0.4 is 10.6 Å². The number of sulfonamides is 1. The Bertz CT molecular complexity index is 1090. The van der Waals surface area contributed by atoms with E-state index in [1.807, 2.05) is 6.07 Å². The molecule has 1 aliphatic heterocycles. The molecular weight excluding hydrogens is 448 g/mol. The molecule has 2 atom stereocenters. The second kappa shape index (κ2) is 10.5. The molecule has 1 saturated heterocycles. The summed E-state index contributed by atoms with van der Waals surface area (Å²) in [4.78, 5) is 39.0. The minimum atomic E-state index is -4.03. The molecule has 1 fully saturated rings. The van der Waals surface area contributed by atoms with Crippen molar-refractivity contribution in [2.75, 3.05) is 32.1 Å². The third-order valence-electron chi connectivity index (χ3n) is 5.21. The van der Waals surface area contributed by atoms with Crippen LogP contribution in [0.2, 0.25) is 0 Å². The third kappa shape index (κ3) is 5.68. The van der Waals surface area contributed by atoms with Crippen molar-refractivity contribution >= 4 is 33.6 Å². The molecule has 11 heteroatoms. The number of hydrogen-bond acceptors (Lipinski definition) is 6. The third-order valence-corrected chi connectivity index (χ3v) is 7.13. The van der Waals surface area contributed by atoms with Gasteiger partial charge in [-0.25, -0.2) is 18.0 Å². The topological polar surface area (TPSA) is 125 Å². The number of para-hydroxylation sites is 1. The van der Waals surface area contributed by atoms with Gasteiger partial charge in [-0.3, -0.25) is 4.79 Å². The Hall–Kier alpha value is -3.44. The van der Waals surface area contributed by atoms with Gasteiger partial charge in [-0.15, -0.1) is 0 Å². The van der Waals surface area contributed by atoms with E-state index in [0.29, 0.717) is 5.69 Å². The number of carbonyl (C=O) groups is 3. The number of esters is 1. The minimum Gasteiger partial charge on any atom is -0.467 e. The predicted octanol–water partition coefficient (Wildman–Crippen LogP) is 1.27. The summed E-state index contributed by atoms with van der Waals surface area (Å²) in [7, 11) is -2.84. The van der Waals surface area contributed by atoms with Gasteiger partial charge in [0.1, 0.15) is 12.1 Å². The Labute approximate surface area is 192 Å². The van der Waals surface area contributed by atoms with E-state index in [9.17, 15) is 22.8 Å². The highest BCUT2D eigenvalue weighted by atomic mass is 32.2. The summed E-state index contributed by atoms with van der Waals surface area (Å²) in [5.74, 6) is -1.38. The fourth-order valence-corrected chi connectivity index (χ4v) is 5.04. The van der Waals surface area contributed by atoms with E-state index < -0.39 is 40.0 Å². The molecule has 2 N–H and O–H groups in total. The van der Waals surface area contributed by atoms with Crippen LogP contribution in [-0.4, -0.2) is 74.4 Å². The quantitative estimate of drug-likeness (QED) is 0.608. The van der Waals surface area contributed by atoms with Gasteiger partial charge >= 0.3 is 12.0 Å². The summed E-state index contributed by atoms with van der Waals surface area (Å²) in [5.41, 5.74) is 0.571. The first-order chi connectivity index (χ1) is 15.7. The standard InChI is InChI=1S/C22H26N4O6S/c1-16(21(28)32-2)23-20(27)19-15-25(22(29)24-17-9-5-3-6-10-17)13-14-26(19)33(30,31)18-11-7-4-8-12-18/h3-12,16,19H,13-15H2,1-2H3,(H,23,27)(H,24,29). The second-order valence-electron chi connectivity index (χ2n) is 7.44. The number of urea groups is 1. The number of methoxy groups -OCH3 is 1. The zero-order chi connectivity index (χ0) is 24.0. The fourth-order valence-electron chi connectivity index (χ4n) is 3.45. The van der Waals surface area contributed by atoms with Gasteiger partial charge in [0, 0.05) is 25.3 Å². The van der Waals surface area contributed by atoms with Crippen molar-refractivity contribution in [1.29, 1.82) is 0 Å². The van der Waals surface area contributed by atoms with Crippen molar-refractivity contribution in [3.63, 3.8) is 0 Å². The van der Waals surface area contributed by atoms with Crippen molar-refractivity contribution in [3.8, 4) is 0 Å². The Morgan fingerprint density at radius 1 is 1.00 bits per heavy atom. The Morgan fingerprint density at radius 3 is 2.21 bits per heavy atom. The number of nitrogens with zero attached hydrogens (tertiary/aromatic N) is 2.